The van der Waals surface area contributed by atoms with Crippen molar-refractivity contribution in [2.45, 2.75) is 13.5 Å². The van der Waals surface area contributed by atoms with Crippen LogP contribution in [0.5, 0.6) is 0 Å². The Kier molecular flexibility index (Phi) is 4.31. The predicted octanol–water partition coefficient (Wildman–Crippen LogP) is 4.13. The summed E-state index contributed by atoms with van der Waals surface area (Å²) in [6.45, 7) is 5.44. The van der Waals surface area contributed by atoms with E-state index in [0.29, 0.717) is 11.1 Å². The zero-order chi connectivity index (χ0) is 14.5. The largest absolute Gasteiger partial charge is 0.457 e. The normalized spacial score (nSPS) is 10.1. The smallest absolute Gasteiger partial charge is 0.338 e. The summed E-state index contributed by atoms with van der Waals surface area (Å²) < 4.78 is 18.9. The van der Waals surface area contributed by atoms with E-state index in [1.165, 1.54) is 12.1 Å². The fourth-order valence-corrected chi connectivity index (χ4v) is 1.88. The van der Waals surface area contributed by atoms with E-state index in [2.05, 4.69) is 6.58 Å². The number of hydrogen-bond acceptors (Lipinski definition) is 2. The van der Waals surface area contributed by atoms with Crippen LogP contribution in [0, 0.1) is 12.7 Å². The highest BCUT2D eigenvalue weighted by atomic mass is 19.1. The Bertz CT molecular complexity index is 633. The number of ether oxygens (including phenoxy) is 1. The first-order chi connectivity index (χ1) is 9.61. The minimum Gasteiger partial charge on any atom is -0.457 e. The molecule has 102 valence electrons. The molecule has 20 heavy (non-hydrogen) atoms. The molecule has 0 saturated heterocycles. The van der Waals surface area contributed by atoms with Crippen molar-refractivity contribution in [1.82, 2.24) is 0 Å². The van der Waals surface area contributed by atoms with E-state index in [-0.39, 0.29) is 12.2 Å². The SMILES string of the molecule is C=Cc1cc(C)c(C(=O)OCc2ccccc2)cc1F. The van der Waals surface area contributed by atoms with Crippen LogP contribution in [0.2, 0.25) is 0 Å². The summed E-state index contributed by atoms with van der Waals surface area (Å²) in [6.07, 6.45) is 1.42. The average Bonchev–Trinajstić information content (AvgIpc) is 2.47. The summed E-state index contributed by atoms with van der Waals surface area (Å²) in [5.41, 5.74) is 2.17. The van der Waals surface area contributed by atoms with Crippen molar-refractivity contribution in [3.63, 3.8) is 0 Å². The van der Waals surface area contributed by atoms with E-state index >= 15 is 0 Å². The Morgan fingerprint density at radius 2 is 2.00 bits per heavy atom. The van der Waals surface area contributed by atoms with Crippen LogP contribution in [0.3, 0.4) is 0 Å². The summed E-state index contributed by atoms with van der Waals surface area (Å²) in [6, 6.07) is 12.1. The van der Waals surface area contributed by atoms with Gasteiger partial charge in [0.1, 0.15) is 12.4 Å². The third kappa shape index (κ3) is 3.12. The van der Waals surface area contributed by atoms with Gasteiger partial charge in [0.25, 0.3) is 0 Å². The van der Waals surface area contributed by atoms with Gasteiger partial charge in [-0.05, 0) is 30.2 Å². The van der Waals surface area contributed by atoms with Crippen LogP contribution < -0.4 is 0 Å². The molecular weight excluding hydrogens is 255 g/mol. The lowest BCUT2D eigenvalue weighted by molar-refractivity contribution is 0.0471. The third-order valence-corrected chi connectivity index (χ3v) is 3.00. The van der Waals surface area contributed by atoms with Gasteiger partial charge in [0.05, 0.1) is 5.56 Å². The molecule has 0 amide bonds. The van der Waals surface area contributed by atoms with Crippen molar-refractivity contribution in [1.29, 1.82) is 0 Å². The monoisotopic (exact) mass is 270 g/mol. The van der Waals surface area contributed by atoms with E-state index in [1.54, 1.807) is 13.0 Å². The number of rotatable bonds is 4. The fraction of sp³-hybridized carbons (Fsp3) is 0.118. The van der Waals surface area contributed by atoms with Crippen molar-refractivity contribution in [3.8, 4) is 0 Å². The molecule has 0 radical (unpaired) electrons. The van der Waals surface area contributed by atoms with Crippen molar-refractivity contribution >= 4 is 12.0 Å². The van der Waals surface area contributed by atoms with E-state index in [0.717, 1.165) is 5.56 Å². The van der Waals surface area contributed by atoms with Crippen LogP contribution >= 0.6 is 0 Å². The molecule has 0 aromatic heterocycles. The highest BCUT2D eigenvalue weighted by Gasteiger charge is 2.14. The van der Waals surface area contributed by atoms with Crippen LogP contribution in [0.4, 0.5) is 4.39 Å². The number of benzene rings is 2. The number of hydrogen-bond donors (Lipinski definition) is 0. The molecule has 2 aromatic carbocycles. The van der Waals surface area contributed by atoms with Crippen molar-refractivity contribution in [2.24, 2.45) is 0 Å². The van der Waals surface area contributed by atoms with Gasteiger partial charge in [0.2, 0.25) is 0 Å². The zero-order valence-electron chi connectivity index (χ0n) is 11.2. The zero-order valence-corrected chi connectivity index (χ0v) is 11.2. The molecule has 0 saturated carbocycles. The number of carbonyl (C=O) groups is 1. The molecule has 0 unspecified atom stereocenters. The fourth-order valence-electron chi connectivity index (χ4n) is 1.88. The Morgan fingerprint density at radius 1 is 1.30 bits per heavy atom. The second-order valence-electron chi connectivity index (χ2n) is 4.45. The number of halogens is 1. The average molecular weight is 270 g/mol. The third-order valence-electron chi connectivity index (χ3n) is 3.00. The van der Waals surface area contributed by atoms with E-state index in [9.17, 15) is 9.18 Å². The van der Waals surface area contributed by atoms with E-state index in [4.69, 9.17) is 4.74 Å². The van der Waals surface area contributed by atoms with Gasteiger partial charge < -0.3 is 4.74 Å². The molecule has 0 aliphatic carbocycles. The molecule has 2 rings (SSSR count). The highest BCUT2D eigenvalue weighted by Crippen LogP contribution is 2.18. The van der Waals surface area contributed by atoms with E-state index in [1.807, 2.05) is 30.3 Å². The highest BCUT2D eigenvalue weighted by molar-refractivity contribution is 5.91. The minimum absolute atomic E-state index is 0.171. The molecule has 0 fully saturated rings. The van der Waals surface area contributed by atoms with Gasteiger partial charge in [-0.15, -0.1) is 0 Å². The maximum absolute atomic E-state index is 13.7. The molecule has 0 spiro atoms. The molecule has 0 N–H and O–H groups in total. The van der Waals surface area contributed by atoms with Gasteiger partial charge in [0, 0.05) is 5.56 Å². The molecular formula is C17H15FO2. The standard InChI is InChI=1S/C17H15FO2/c1-3-14-9-12(2)15(10-16(14)18)17(19)20-11-13-7-5-4-6-8-13/h3-10H,1,11H2,2H3. The first-order valence-electron chi connectivity index (χ1n) is 6.25. The predicted molar refractivity (Wildman–Crippen MR) is 76.8 cm³/mol. The minimum atomic E-state index is -0.527. The summed E-state index contributed by atoms with van der Waals surface area (Å²) >= 11 is 0. The van der Waals surface area contributed by atoms with Gasteiger partial charge in [0.15, 0.2) is 0 Å². The van der Waals surface area contributed by atoms with Crippen molar-refractivity contribution in [3.05, 3.63) is 77.1 Å². The van der Waals surface area contributed by atoms with Crippen LogP contribution in [-0.2, 0) is 11.3 Å². The molecule has 0 heterocycles. The summed E-state index contributed by atoms with van der Waals surface area (Å²) in [5, 5.41) is 0. The molecule has 3 heteroatoms. The van der Waals surface area contributed by atoms with Gasteiger partial charge in [-0.1, -0.05) is 43.0 Å². The first-order valence-corrected chi connectivity index (χ1v) is 6.25. The second kappa shape index (κ2) is 6.15. The van der Waals surface area contributed by atoms with Crippen molar-refractivity contribution in [2.75, 3.05) is 0 Å². The Morgan fingerprint density at radius 3 is 2.65 bits per heavy atom. The topological polar surface area (TPSA) is 26.3 Å². The van der Waals surface area contributed by atoms with Gasteiger partial charge >= 0.3 is 5.97 Å². The lowest BCUT2D eigenvalue weighted by atomic mass is 10.0. The first kappa shape index (κ1) is 14.0. The maximum Gasteiger partial charge on any atom is 0.338 e. The summed E-state index contributed by atoms with van der Waals surface area (Å²) in [7, 11) is 0. The molecule has 2 aromatic rings. The van der Waals surface area contributed by atoms with Crippen LogP contribution in [-0.4, -0.2) is 5.97 Å². The lowest BCUT2D eigenvalue weighted by Crippen LogP contribution is -2.08. The van der Waals surface area contributed by atoms with E-state index < -0.39 is 11.8 Å². The Labute approximate surface area is 117 Å². The van der Waals surface area contributed by atoms with Gasteiger partial charge in [-0.3, -0.25) is 0 Å². The lowest BCUT2D eigenvalue weighted by Gasteiger charge is -2.09. The van der Waals surface area contributed by atoms with Crippen LogP contribution in [0.1, 0.15) is 27.0 Å². The molecule has 0 atom stereocenters. The number of esters is 1. The Hall–Kier alpha value is -2.42. The maximum atomic E-state index is 13.7. The quantitative estimate of drug-likeness (QED) is 0.781. The van der Waals surface area contributed by atoms with Crippen LogP contribution in [0.15, 0.2) is 49.0 Å². The van der Waals surface area contributed by atoms with Gasteiger partial charge in [-0.25, -0.2) is 9.18 Å². The van der Waals surface area contributed by atoms with Crippen LogP contribution in [0.25, 0.3) is 6.08 Å². The van der Waals surface area contributed by atoms with Gasteiger partial charge in [-0.2, -0.15) is 0 Å². The summed E-state index contributed by atoms with van der Waals surface area (Å²) in [4.78, 5) is 12.0. The number of carbonyl (C=O) groups excluding carboxylic acids is 1. The summed E-state index contributed by atoms with van der Waals surface area (Å²) in [5.74, 6) is -1.00. The van der Waals surface area contributed by atoms with Crippen molar-refractivity contribution < 1.29 is 13.9 Å². The molecule has 0 bridgehead atoms. The number of aryl methyl sites for hydroxylation is 1. The Balaban J connectivity index is 2.13. The second-order valence-corrected chi connectivity index (χ2v) is 4.45. The molecule has 2 nitrogen and oxygen atoms in total. The molecule has 0 aliphatic heterocycles. The molecule has 0 aliphatic rings.